The van der Waals surface area contributed by atoms with Crippen LogP contribution in [0.15, 0.2) is 18.3 Å². The van der Waals surface area contributed by atoms with E-state index in [-0.39, 0.29) is 11.8 Å². The Morgan fingerprint density at radius 2 is 2.50 bits per heavy atom. The van der Waals surface area contributed by atoms with Gasteiger partial charge in [-0.1, -0.05) is 6.07 Å². The number of hydrogen-bond donors (Lipinski definition) is 0. The Balaban J connectivity index is 2.16. The van der Waals surface area contributed by atoms with E-state index < -0.39 is 0 Å². The molecule has 82 valence electrons. The van der Waals surface area contributed by atoms with E-state index in [9.17, 15) is 4.79 Å². The van der Waals surface area contributed by atoms with E-state index in [0.717, 1.165) is 12.0 Å². The van der Waals surface area contributed by atoms with Gasteiger partial charge in [0.25, 0.3) is 5.91 Å². The molecule has 16 heavy (non-hydrogen) atoms. The van der Waals surface area contributed by atoms with Crippen molar-refractivity contribution in [2.45, 2.75) is 13.3 Å². The molecule has 0 spiro atoms. The SMILES string of the molecule is Cc1cccnc1C(=O)N1CCC(C#N)C1. The van der Waals surface area contributed by atoms with E-state index >= 15 is 0 Å². The van der Waals surface area contributed by atoms with Crippen LogP contribution in [0.5, 0.6) is 0 Å². The minimum absolute atomic E-state index is 0.0204. The molecule has 0 radical (unpaired) electrons. The summed E-state index contributed by atoms with van der Waals surface area (Å²) in [5.41, 5.74) is 1.38. The lowest BCUT2D eigenvalue weighted by Gasteiger charge is -2.15. The highest BCUT2D eigenvalue weighted by Crippen LogP contribution is 2.18. The maximum Gasteiger partial charge on any atom is 0.272 e. The second-order valence-electron chi connectivity index (χ2n) is 4.03. The van der Waals surface area contributed by atoms with Crippen molar-refractivity contribution in [1.29, 1.82) is 5.26 Å². The van der Waals surface area contributed by atoms with Crippen LogP contribution in [0.1, 0.15) is 22.5 Å². The fraction of sp³-hybridized carbons (Fsp3) is 0.417. The third kappa shape index (κ3) is 1.89. The normalized spacial score (nSPS) is 19.5. The fourth-order valence-electron chi connectivity index (χ4n) is 1.91. The lowest BCUT2D eigenvalue weighted by Crippen LogP contribution is -2.29. The average molecular weight is 215 g/mol. The lowest BCUT2D eigenvalue weighted by molar-refractivity contribution is 0.0783. The van der Waals surface area contributed by atoms with Crippen LogP contribution in [0.25, 0.3) is 0 Å². The second kappa shape index (κ2) is 4.31. The Morgan fingerprint density at radius 3 is 3.12 bits per heavy atom. The monoisotopic (exact) mass is 215 g/mol. The molecule has 2 heterocycles. The minimum atomic E-state index is -0.0594. The molecule has 0 saturated carbocycles. The van der Waals surface area contributed by atoms with Crippen molar-refractivity contribution in [3.05, 3.63) is 29.6 Å². The van der Waals surface area contributed by atoms with Gasteiger partial charge in [0.1, 0.15) is 5.69 Å². The number of carbonyl (C=O) groups is 1. The number of rotatable bonds is 1. The van der Waals surface area contributed by atoms with Gasteiger partial charge in [-0.2, -0.15) is 5.26 Å². The van der Waals surface area contributed by atoms with Crippen LogP contribution in [-0.4, -0.2) is 28.9 Å². The minimum Gasteiger partial charge on any atom is -0.336 e. The van der Waals surface area contributed by atoms with Crippen LogP contribution in [0.3, 0.4) is 0 Å². The lowest BCUT2D eigenvalue weighted by atomic mass is 10.1. The molecule has 0 N–H and O–H groups in total. The first kappa shape index (κ1) is 10.6. The zero-order valence-electron chi connectivity index (χ0n) is 9.18. The topological polar surface area (TPSA) is 57.0 Å². The van der Waals surface area contributed by atoms with Gasteiger partial charge in [-0.15, -0.1) is 0 Å². The summed E-state index contributed by atoms with van der Waals surface area (Å²) in [6, 6.07) is 5.89. The first-order valence-electron chi connectivity index (χ1n) is 5.33. The van der Waals surface area contributed by atoms with Gasteiger partial charge in [-0.05, 0) is 25.0 Å². The summed E-state index contributed by atoms with van der Waals surface area (Å²) in [4.78, 5) is 17.9. The number of aromatic nitrogens is 1. The quantitative estimate of drug-likeness (QED) is 0.711. The molecule has 1 aliphatic rings. The summed E-state index contributed by atoms with van der Waals surface area (Å²) in [7, 11) is 0. The van der Waals surface area contributed by atoms with Crippen molar-refractivity contribution >= 4 is 5.91 Å². The highest BCUT2D eigenvalue weighted by Gasteiger charge is 2.27. The predicted octanol–water partition coefficient (Wildman–Crippen LogP) is 1.38. The fourth-order valence-corrected chi connectivity index (χ4v) is 1.91. The summed E-state index contributed by atoms with van der Waals surface area (Å²) >= 11 is 0. The molecule has 1 saturated heterocycles. The van der Waals surface area contributed by atoms with Crippen molar-refractivity contribution in [3.8, 4) is 6.07 Å². The molecule has 2 rings (SSSR count). The highest BCUT2D eigenvalue weighted by atomic mass is 16.2. The molecular weight excluding hydrogens is 202 g/mol. The smallest absolute Gasteiger partial charge is 0.272 e. The number of amides is 1. The molecule has 4 nitrogen and oxygen atoms in total. The van der Waals surface area contributed by atoms with E-state index in [1.165, 1.54) is 0 Å². The van der Waals surface area contributed by atoms with E-state index in [1.54, 1.807) is 11.1 Å². The summed E-state index contributed by atoms with van der Waals surface area (Å²) in [6.07, 6.45) is 2.40. The van der Waals surface area contributed by atoms with Crippen LogP contribution in [0.4, 0.5) is 0 Å². The van der Waals surface area contributed by atoms with E-state index in [2.05, 4.69) is 11.1 Å². The van der Waals surface area contributed by atoms with Crippen molar-refractivity contribution < 1.29 is 4.79 Å². The predicted molar refractivity (Wildman–Crippen MR) is 58.6 cm³/mol. The van der Waals surface area contributed by atoms with Gasteiger partial charge in [0.2, 0.25) is 0 Å². The molecule has 0 bridgehead atoms. The molecule has 1 aromatic heterocycles. The number of nitriles is 1. The molecule has 1 atom stereocenters. The van der Waals surface area contributed by atoms with Gasteiger partial charge in [0.15, 0.2) is 0 Å². The molecule has 1 fully saturated rings. The Labute approximate surface area is 94.5 Å². The van der Waals surface area contributed by atoms with E-state index in [0.29, 0.717) is 18.8 Å². The maximum atomic E-state index is 12.1. The summed E-state index contributed by atoms with van der Waals surface area (Å²) in [5, 5.41) is 8.79. The number of carbonyl (C=O) groups excluding carboxylic acids is 1. The molecule has 4 heteroatoms. The van der Waals surface area contributed by atoms with Gasteiger partial charge in [0.05, 0.1) is 12.0 Å². The summed E-state index contributed by atoms with van der Waals surface area (Å²) in [6.45, 7) is 3.07. The van der Waals surface area contributed by atoms with Gasteiger partial charge < -0.3 is 4.90 Å². The van der Waals surface area contributed by atoms with Gasteiger partial charge in [-0.25, -0.2) is 0 Å². The third-order valence-corrected chi connectivity index (χ3v) is 2.87. The first-order valence-corrected chi connectivity index (χ1v) is 5.33. The zero-order chi connectivity index (χ0) is 11.5. The molecule has 1 unspecified atom stereocenters. The molecule has 1 aromatic rings. The Kier molecular flexibility index (Phi) is 2.86. The van der Waals surface area contributed by atoms with Gasteiger partial charge in [0, 0.05) is 19.3 Å². The number of aryl methyl sites for hydroxylation is 1. The highest BCUT2D eigenvalue weighted by molar-refractivity contribution is 5.93. The largest absolute Gasteiger partial charge is 0.336 e. The number of likely N-dealkylation sites (tertiary alicyclic amines) is 1. The molecule has 0 aliphatic carbocycles. The summed E-state index contributed by atoms with van der Waals surface area (Å²) in [5.74, 6) is -0.0798. The molecule has 1 amide bonds. The van der Waals surface area contributed by atoms with Gasteiger partial charge >= 0.3 is 0 Å². The third-order valence-electron chi connectivity index (χ3n) is 2.87. The Bertz CT molecular complexity index is 450. The van der Waals surface area contributed by atoms with Crippen molar-refractivity contribution in [2.24, 2.45) is 5.92 Å². The Hall–Kier alpha value is -1.89. The van der Waals surface area contributed by atoms with Gasteiger partial charge in [-0.3, -0.25) is 9.78 Å². The van der Waals surface area contributed by atoms with Crippen LogP contribution in [0, 0.1) is 24.2 Å². The Morgan fingerprint density at radius 1 is 1.69 bits per heavy atom. The van der Waals surface area contributed by atoms with Crippen molar-refractivity contribution in [3.63, 3.8) is 0 Å². The van der Waals surface area contributed by atoms with Crippen molar-refractivity contribution in [2.75, 3.05) is 13.1 Å². The second-order valence-corrected chi connectivity index (χ2v) is 4.03. The van der Waals surface area contributed by atoms with E-state index in [1.807, 2.05) is 19.1 Å². The number of nitrogens with zero attached hydrogens (tertiary/aromatic N) is 3. The first-order chi connectivity index (χ1) is 7.72. The molecular formula is C12H13N3O. The van der Waals surface area contributed by atoms with Crippen LogP contribution in [0.2, 0.25) is 0 Å². The standard InChI is InChI=1S/C12H13N3O/c1-9-3-2-5-14-11(9)12(16)15-6-4-10(7-13)8-15/h2-3,5,10H,4,6,8H2,1H3. The van der Waals surface area contributed by atoms with Crippen LogP contribution >= 0.6 is 0 Å². The number of hydrogen-bond acceptors (Lipinski definition) is 3. The number of pyridine rings is 1. The van der Waals surface area contributed by atoms with Crippen LogP contribution in [-0.2, 0) is 0 Å². The average Bonchev–Trinajstić information content (AvgIpc) is 2.77. The van der Waals surface area contributed by atoms with Crippen molar-refractivity contribution in [1.82, 2.24) is 9.88 Å². The van der Waals surface area contributed by atoms with Crippen LogP contribution < -0.4 is 0 Å². The molecule has 1 aliphatic heterocycles. The zero-order valence-corrected chi connectivity index (χ0v) is 9.18. The maximum absolute atomic E-state index is 12.1. The summed E-state index contributed by atoms with van der Waals surface area (Å²) < 4.78 is 0. The molecule has 0 aromatic carbocycles. The van der Waals surface area contributed by atoms with E-state index in [4.69, 9.17) is 5.26 Å².